The third kappa shape index (κ3) is 4.35. The van der Waals surface area contributed by atoms with Gasteiger partial charge in [0.15, 0.2) is 0 Å². The van der Waals surface area contributed by atoms with Gasteiger partial charge in [-0.05, 0) is 25.0 Å². The molecule has 2 rings (SSSR count). The van der Waals surface area contributed by atoms with Gasteiger partial charge in [-0.15, -0.1) is 0 Å². The lowest BCUT2D eigenvalue weighted by molar-refractivity contribution is -0.134. The van der Waals surface area contributed by atoms with Crippen LogP contribution in [0.2, 0.25) is 0 Å². The van der Waals surface area contributed by atoms with E-state index in [0.717, 1.165) is 0 Å². The zero-order valence-electron chi connectivity index (χ0n) is 15.4. The topological polar surface area (TPSA) is 69.7 Å². The van der Waals surface area contributed by atoms with E-state index >= 15 is 0 Å². The molecule has 0 radical (unpaired) electrons. The maximum Gasteiger partial charge on any atom is 0.249 e. The fourth-order valence-corrected chi connectivity index (χ4v) is 2.89. The largest absolute Gasteiger partial charge is 0.361 e. The number of nitrogens with one attached hydrogen (secondary N) is 1. The number of anilines is 2. The molecule has 1 aliphatic heterocycles. The highest BCUT2D eigenvalue weighted by atomic mass is 19.1. The Kier molecular flexibility index (Phi) is 7.54. The molecule has 1 N–H and O–H groups in total. The standard InChI is InChI=1S/C16H20FN3O3.C2H6/c1-4-10-11(17)5-6-12(15(10)19(2)9-21)20(3)13-7-8-14(22)18-16(13)23;1-2/h5-6,9,13H,4,7-8H2,1-3H3,(H,18,22,23);1-2H3. The van der Waals surface area contributed by atoms with Gasteiger partial charge in [-0.2, -0.15) is 0 Å². The van der Waals surface area contributed by atoms with E-state index in [-0.39, 0.29) is 18.2 Å². The first-order valence-electron chi connectivity index (χ1n) is 8.46. The van der Waals surface area contributed by atoms with E-state index in [1.807, 2.05) is 13.8 Å². The van der Waals surface area contributed by atoms with Crippen LogP contribution in [0, 0.1) is 5.82 Å². The molecule has 1 aromatic rings. The maximum absolute atomic E-state index is 14.1. The number of benzene rings is 1. The summed E-state index contributed by atoms with van der Waals surface area (Å²) in [4.78, 5) is 37.6. The first-order valence-corrected chi connectivity index (χ1v) is 8.46. The van der Waals surface area contributed by atoms with E-state index in [1.165, 1.54) is 11.0 Å². The molecule has 0 aromatic heterocycles. The maximum atomic E-state index is 14.1. The van der Waals surface area contributed by atoms with Crippen molar-refractivity contribution in [1.29, 1.82) is 0 Å². The molecule has 1 saturated heterocycles. The van der Waals surface area contributed by atoms with Crippen molar-refractivity contribution in [2.75, 3.05) is 23.9 Å². The first kappa shape index (κ1) is 20.6. The average molecular weight is 351 g/mol. The van der Waals surface area contributed by atoms with Gasteiger partial charge in [0.25, 0.3) is 0 Å². The predicted molar refractivity (Wildman–Crippen MR) is 96.2 cm³/mol. The van der Waals surface area contributed by atoms with Gasteiger partial charge in [0.05, 0.1) is 11.4 Å². The van der Waals surface area contributed by atoms with Crippen molar-refractivity contribution in [3.63, 3.8) is 0 Å². The summed E-state index contributed by atoms with van der Waals surface area (Å²) >= 11 is 0. The van der Waals surface area contributed by atoms with Gasteiger partial charge in [0.1, 0.15) is 11.9 Å². The Hall–Kier alpha value is -2.44. The van der Waals surface area contributed by atoms with E-state index < -0.39 is 11.9 Å². The van der Waals surface area contributed by atoms with Gasteiger partial charge in [-0.3, -0.25) is 19.7 Å². The number of halogens is 1. The van der Waals surface area contributed by atoms with Crippen molar-refractivity contribution in [2.45, 2.75) is 46.1 Å². The van der Waals surface area contributed by atoms with Crippen molar-refractivity contribution in [2.24, 2.45) is 0 Å². The van der Waals surface area contributed by atoms with E-state index in [4.69, 9.17) is 0 Å². The summed E-state index contributed by atoms with van der Waals surface area (Å²) < 4.78 is 14.1. The number of carbonyl (C=O) groups excluding carboxylic acids is 3. The number of piperidine rings is 1. The van der Waals surface area contributed by atoms with E-state index in [1.54, 1.807) is 32.0 Å². The van der Waals surface area contributed by atoms with Crippen molar-refractivity contribution in [3.05, 3.63) is 23.5 Å². The van der Waals surface area contributed by atoms with Crippen molar-refractivity contribution in [1.82, 2.24) is 5.32 Å². The molecule has 1 atom stereocenters. The minimum Gasteiger partial charge on any atom is -0.361 e. The molecule has 138 valence electrons. The third-order valence-corrected chi connectivity index (χ3v) is 4.13. The summed E-state index contributed by atoms with van der Waals surface area (Å²) in [5.74, 6) is -1.07. The number of amides is 3. The lowest BCUT2D eigenvalue weighted by Gasteiger charge is -2.34. The number of rotatable bonds is 5. The van der Waals surface area contributed by atoms with Crippen LogP contribution >= 0.6 is 0 Å². The molecule has 1 fully saturated rings. The van der Waals surface area contributed by atoms with Gasteiger partial charge >= 0.3 is 0 Å². The summed E-state index contributed by atoms with van der Waals surface area (Å²) in [5, 5.41) is 2.31. The molecule has 0 bridgehead atoms. The molecule has 1 unspecified atom stereocenters. The zero-order chi connectivity index (χ0) is 19.1. The zero-order valence-corrected chi connectivity index (χ0v) is 15.4. The summed E-state index contributed by atoms with van der Waals surface area (Å²) in [6.45, 7) is 5.80. The van der Waals surface area contributed by atoms with Crippen LogP contribution in [0.1, 0.15) is 39.2 Å². The Morgan fingerprint density at radius 1 is 1.28 bits per heavy atom. The summed E-state index contributed by atoms with van der Waals surface area (Å²) in [6, 6.07) is 2.34. The summed E-state index contributed by atoms with van der Waals surface area (Å²) in [5.41, 5.74) is 1.43. The van der Waals surface area contributed by atoms with E-state index in [9.17, 15) is 18.8 Å². The van der Waals surface area contributed by atoms with Crippen LogP contribution in [-0.4, -0.2) is 38.4 Å². The summed E-state index contributed by atoms with van der Waals surface area (Å²) in [6.07, 6.45) is 1.65. The predicted octanol–water partition coefficient (Wildman–Crippen LogP) is 2.25. The van der Waals surface area contributed by atoms with Gasteiger partial charge in [-0.25, -0.2) is 4.39 Å². The second kappa shape index (κ2) is 9.15. The van der Waals surface area contributed by atoms with Crippen LogP contribution in [0.4, 0.5) is 15.8 Å². The summed E-state index contributed by atoms with van der Waals surface area (Å²) in [7, 11) is 3.25. The second-order valence-corrected chi connectivity index (χ2v) is 5.54. The Balaban J connectivity index is 0.00000151. The highest BCUT2D eigenvalue weighted by Gasteiger charge is 2.32. The number of imide groups is 1. The third-order valence-electron chi connectivity index (χ3n) is 4.13. The number of hydrogen-bond acceptors (Lipinski definition) is 4. The molecular formula is C18H26FN3O3. The van der Waals surface area contributed by atoms with Crippen LogP contribution in [0.5, 0.6) is 0 Å². The molecule has 0 saturated carbocycles. The fourth-order valence-electron chi connectivity index (χ4n) is 2.89. The monoisotopic (exact) mass is 351 g/mol. The number of nitrogens with zero attached hydrogens (tertiary/aromatic N) is 2. The molecule has 1 aromatic carbocycles. The molecule has 3 amide bonds. The molecule has 6 nitrogen and oxygen atoms in total. The first-order chi connectivity index (χ1) is 11.9. The molecule has 1 aliphatic rings. The highest BCUT2D eigenvalue weighted by Crippen LogP contribution is 2.35. The minimum absolute atomic E-state index is 0.251. The number of hydrogen-bond donors (Lipinski definition) is 1. The highest BCUT2D eigenvalue weighted by molar-refractivity contribution is 6.02. The minimum atomic E-state index is -0.540. The van der Waals surface area contributed by atoms with Crippen LogP contribution in [0.3, 0.4) is 0 Å². The Labute approximate surface area is 148 Å². The number of carbonyl (C=O) groups is 3. The number of likely N-dealkylation sites (N-methyl/N-ethyl adjacent to an activating group) is 1. The molecule has 0 spiro atoms. The Bertz CT molecular complexity index is 649. The van der Waals surface area contributed by atoms with E-state index in [0.29, 0.717) is 36.2 Å². The van der Waals surface area contributed by atoms with Crippen LogP contribution in [0.25, 0.3) is 0 Å². The fraction of sp³-hybridized carbons (Fsp3) is 0.500. The molecular weight excluding hydrogens is 325 g/mol. The SMILES string of the molecule is CC.CCc1c(F)ccc(N(C)C2CCC(=O)NC2=O)c1N(C)C=O. The lowest BCUT2D eigenvalue weighted by Crippen LogP contribution is -2.51. The van der Waals surface area contributed by atoms with Crippen molar-refractivity contribution >= 4 is 29.6 Å². The van der Waals surface area contributed by atoms with Crippen molar-refractivity contribution < 1.29 is 18.8 Å². The average Bonchev–Trinajstić information content (AvgIpc) is 2.61. The van der Waals surface area contributed by atoms with Crippen LogP contribution in [0.15, 0.2) is 12.1 Å². The van der Waals surface area contributed by atoms with Crippen LogP contribution < -0.4 is 15.1 Å². The quantitative estimate of drug-likeness (QED) is 0.652. The molecule has 0 aliphatic carbocycles. The normalized spacial score (nSPS) is 16.5. The second-order valence-electron chi connectivity index (χ2n) is 5.54. The Morgan fingerprint density at radius 2 is 1.92 bits per heavy atom. The van der Waals surface area contributed by atoms with E-state index in [2.05, 4.69) is 5.32 Å². The smallest absolute Gasteiger partial charge is 0.249 e. The van der Waals surface area contributed by atoms with Gasteiger partial charge < -0.3 is 9.80 Å². The molecule has 1 heterocycles. The Morgan fingerprint density at radius 3 is 2.44 bits per heavy atom. The molecule has 7 heteroatoms. The van der Waals surface area contributed by atoms with Crippen LogP contribution in [-0.2, 0) is 20.8 Å². The van der Waals surface area contributed by atoms with Crippen molar-refractivity contribution in [3.8, 4) is 0 Å². The van der Waals surface area contributed by atoms with Gasteiger partial charge in [0.2, 0.25) is 18.2 Å². The van der Waals surface area contributed by atoms with Gasteiger partial charge in [0, 0.05) is 26.1 Å². The lowest BCUT2D eigenvalue weighted by atomic mass is 10.0. The van der Waals surface area contributed by atoms with Gasteiger partial charge in [-0.1, -0.05) is 20.8 Å². The molecule has 25 heavy (non-hydrogen) atoms.